The molecule has 1 rings (SSSR count). The van der Waals surface area contributed by atoms with Gasteiger partial charge in [-0.05, 0) is 54.4 Å². The normalized spacial score (nSPS) is 10.6. The summed E-state index contributed by atoms with van der Waals surface area (Å²) < 4.78 is 13.6. The molecule has 3 nitrogen and oxygen atoms in total. The Morgan fingerprint density at radius 1 is 1.44 bits per heavy atom. The maximum atomic E-state index is 13.2. The number of carbonyl (C=O) groups is 1. The fraction of sp³-hybridized carbons (Fsp3) is 0.462. The third-order valence-corrected chi connectivity index (χ3v) is 2.99. The van der Waals surface area contributed by atoms with E-state index in [9.17, 15) is 9.18 Å². The van der Waals surface area contributed by atoms with Gasteiger partial charge in [0.25, 0.3) is 0 Å². The Balaban J connectivity index is 2.49. The predicted octanol–water partition coefficient (Wildman–Crippen LogP) is 3.22. The highest BCUT2D eigenvalue weighted by Gasteiger charge is 2.06. The smallest absolute Gasteiger partial charge is 0.221 e. The molecule has 2 N–H and O–H groups in total. The molecule has 0 aliphatic heterocycles. The summed E-state index contributed by atoms with van der Waals surface area (Å²) in [4.78, 5) is 11.4. The molecule has 0 radical (unpaired) electrons. The zero-order valence-electron chi connectivity index (χ0n) is 10.8. The molecule has 0 heterocycles. The Kier molecular flexibility index (Phi) is 5.59. The van der Waals surface area contributed by atoms with E-state index >= 15 is 0 Å². The van der Waals surface area contributed by atoms with E-state index in [1.807, 2.05) is 20.8 Å². The van der Waals surface area contributed by atoms with Crippen LogP contribution in [0.4, 0.5) is 10.1 Å². The summed E-state index contributed by atoms with van der Waals surface area (Å²) in [5.74, 6) is -0.271. The van der Waals surface area contributed by atoms with Crippen LogP contribution in [0.15, 0.2) is 16.6 Å². The largest absolute Gasteiger partial charge is 0.384 e. The van der Waals surface area contributed by atoms with Crippen LogP contribution in [0.1, 0.15) is 25.8 Å². The van der Waals surface area contributed by atoms with Gasteiger partial charge in [0, 0.05) is 24.7 Å². The van der Waals surface area contributed by atoms with Gasteiger partial charge in [0.05, 0.1) is 4.47 Å². The van der Waals surface area contributed by atoms with Crippen LogP contribution in [0.2, 0.25) is 0 Å². The van der Waals surface area contributed by atoms with Crippen LogP contribution in [0, 0.1) is 12.7 Å². The Bertz CT molecular complexity index is 435. The summed E-state index contributed by atoms with van der Waals surface area (Å²) in [6.07, 6.45) is 0.395. The number of carbonyl (C=O) groups excluding carboxylic acids is 1. The first-order valence-corrected chi connectivity index (χ1v) is 6.68. The first-order chi connectivity index (χ1) is 8.40. The number of hydrogen-bond donors (Lipinski definition) is 2. The van der Waals surface area contributed by atoms with Gasteiger partial charge in [0.2, 0.25) is 5.91 Å². The van der Waals surface area contributed by atoms with Crippen LogP contribution in [-0.4, -0.2) is 18.5 Å². The molecule has 18 heavy (non-hydrogen) atoms. The van der Waals surface area contributed by atoms with Gasteiger partial charge in [-0.3, -0.25) is 4.79 Å². The summed E-state index contributed by atoms with van der Waals surface area (Å²) >= 11 is 3.14. The molecule has 0 spiro atoms. The first kappa shape index (κ1) is 15.0. The van der Waals surface area contributed by atoms with Crippen molar-refractivity contribution in [3.8, 4) is 0 Å². The van der Waals surface area contributed by atoms with Crippen molar-refractivity contribution in [1.82, 2.24) is 5.32 Å². The van der Waals surface area contributed by atoms with E-state index in [1.54, 1.807) is 6.07 Å². The van der Waals surface area contributed by atoms with Crippen LogP contribution in [0.5, 0.6) is 0 Å². The lowest BCUT2D eigenvalue weighted by molar-refractivity contribution is -0.121. The van der Waals surface area contributed by atoms with E-state index in [1.165, 1.54) is 6.07 Å². The van der Waals surface area contributed by atoms with Crippen molar-refractivity contribution in [1.29, 1.82) is 0 Å². The summed E-state index contributed by atoms with van der Waals surface area (Å²) in [6, 6.07) is 3.30. The number of aryl methyl sites for hydroxylation is 1. The second kappa shape index (κ2) is 6.73. The van der Waals surface area contributed by atoms with Gasteiger partial charge in [0.15, 0.2) is 0 Å². The van der Waals surface area contributed by atoms with Gasteiger partial charge >= 0.3 is 0 Å². The van der Waals surface area contributed by atoms with Crippen molar-refractivity contribution in [2.45, 2.75) is 33.2 Å². The maximum absolute atomic E-state index is 13.2. The van der Waals surface area contributed by atoms with Gasteiger partial charge in [0.1, 0.15) is 5.82 Å². The SMILES string of the molecule is Cc1cc(F)c(Br)cc1NCCC(=O)NC(C)C. The third-order valence-electron chi connectivity index (χ3n) is 2.38. The zero-order chi connectivity index (χ0) is 13.7. The number of nitrogens with one attached hydrogen (secondary N) is 2. The zero-order valence-corrected chi connectivity index (χ0v) is 12.4. The van der Waals surface area contributed by atoms with E-state index in [0.717, 1.165) is 11.3 Å². The molecule has 0 fully saturated rings. The molecular weight excluding hydrogens is 299 g/mol. The minimum Gasteiger partial charge on any atom is -0.384 e. The summed E-state index contributed by atoms with van der Waals surface area (Å²) in [7, 11) is 0. The molecule has 0 saturated heterocycles. The lowest BCUT2D eigenvalue weighted by atomic mass is 10.2. The van der Waals surface area contributed by atoms with Crippen LogP contribution in [-0.2, 0) is 4.79 Å². The van der Waals surface area contributed by atoms with E-state index in [0.29, 0.717) is 17.4 Å². The molecule has 1 aromatic carbocycles. The molecule has 100 valence electrons. The minimum atomic E-state index is -0.282. The molecule has 0 aliphatic rings. The molecule has 0 bridgehead atoms. The Morgan fingerprint density at radius 2 is 2.11 bits per heavy atom. The van der Waals surface area contributed by atoms with Crippen molar-refractivity contribution in [2.75, 3.05) is 11.9 Å². The van der Waals surface area contributed by atoms with Crippen molar-refractivity contribution >= 4 is 27.5 Å². The second-order valence-electron chi connectivity index (χ2n) is 4.48. The molecule has 0 unspecified atom stereocenters. The van der Waals surface area contributed by atoms with Crippen LogP contribution < -0.4 is 10.6 Å². The number of anilines is 1. The van der Waals surface area contributed by atoms with Gasteiger partial charge in [-0.25, -0.2) is 4.39 Å². The predicted molar refractivity (Wildman–Crippen MR) is 75.2 cm³/mol. The highest BCUT2D eigenvalue weighted by molar-refractivity contribution is 9.10. The standard InChI is InChI=1S/C13H18BrFN2O/c1-8(2)17-13(18)4-5-16-12-7-10(14)11(15)6-9(12)3/h6-8,16H,4-5H2,1-3H3,(H,17,18). The molecule has 0 aliphatic carbocycles. The van der Waals surface area contributed by atoms with Crippen molar-refractivity contribution in [3.05, 3.63) is 28.0 Å². The van der Waals surface area contributed by atoms with Crippen LogP contribution in [0.25, 0.3) is 0 Å². The van der Waals surface area contributed by atoms with Crippen molar-refractivity contribution < 1.29 is 9.18 Å². The van der Waals surface area contributed by atoms with E-state index in [-0.39, 0.29) is 17.8 Å². The molecule has 5 heteroatoms. The number of hydrogen-bond acceptors (Lipinski definition) is 2. The minimum absolute atomic E-state index is 0.0105. The van der Waals surface area contributed by atoms with E-state index < -0.39 is 0 Å². The Labute approximate surface area is 115 Å². The maximum Gasteiger partial charge on any atom is 0.221 e. The number of rotatable bonds is 5. The quantitative estimate of drug-likeness (QED) is 0.875. The number of halogens is 2. The molecule has 1 aromatic rings. The highest BCUT2D eigenvalue weighted by atomic mass is 79.9. The second-order valence-corrected chi connectivity index (χ2v) is 5.33. The van der Waals surface area contributed by atoms with Crippen LogP contribution in [0.3, 0.4) is 0 Å². The third kappa shape index (κ3) is 4.64. The van der Waals surface area contributed by atoms with E-state index in [2.05, 4.69) is 26.6 Å². The average Bonchev–Trinajstić information content (AvgIpc) is 2.24. The fourth-order valence-electron chi connectivity index (χ4n) is 1.54. The highest BCUT2D eigenvalue weighted by Crippen LogP contribution is 2.24. The number of amides is 1. The number of benzene rings is 1. The van der Waals surface area contributed by atoms with Gasteiger partial charge in [-0.1, -0.05) is 0 Å². The molecule has 1 amide bonds. The summed E-state index contributed by atoms with van der Waals surface area (Å²) in [6.45, 7) is 6.20. The van der Waals surface area contributed by atoms with Crippen molar-refractivity contribution in [3.63, 3.8) is 0 Å². The van der Waals surface area contributed by atoms with Gasteiger partial charge in [-0.2, -0.15) is 0 Å². The topological polar surface area (TPSA) is 41.1 Å². The summed E-state index contributed by atoms with van der Waals surface area (Å²) in [5.41, 5.74) is 1.65. The molecule has 0 aromatic heterocycles. The van der Waals surface area contributed by atoms with Gasteiger partial charge < -0.3 is 10.6 Å². The Hall–Kier alpha value is -1.10. The van der Waals surface area contributed by atoms with Crippen molar-refractivity contribution in [2.24, 2.45) is 0 Å². The van der Waals surface area contributed by atoms with E-state index in [4.69, 9.17) is 0 Å². The molecular formula is C13H18BrFN2O. The summed E-state index contributed by atoms with van der Waals surface area (Å²) in [5, 5.41) is 5.94. The van der Waals surface area contributed by atoms with Crippen LogP contribution >= 0.6 is 15.9 Å². The van der Waals surface area contributed by atoms with Gasteiger partial charge in [-0.15, -0.1) is 0 Å². The first-order valence-electron chi connectivity index (χ1n) is 5.89. The lowest BCUT2D eigenvalue weighted by Crippen LogP contribution is -2.31. The Morgan fingerprint density at radius 3 is 2.72 bits per heavy atom. The fourth-order valence-corrected chi connectivity index (χ4v) is 1.88. The average molecular weight is 317 g/mol. The monoisotopic (exact) mass is 316 g/mol. The molecule has 0 saturated carbocycles. The molecule has 0 atom stereocenters. The lowest BCUT2D eigenvalue weighted by Gasteiger charge is -2.12.